The van der Waals surface area contributed by atoms with Crippen LogP contribution in [-0.2, 0) is 4.74 Å². The molecule has 21 heavy (non-hydrogen) atoms. The topological polar surface area (TPSA) is 49.8 Å². The quantitative estimate of drug-likeness (QED) is 0.813. The van der Waals surface area contributed by atoms with Crippen LogP contribution in [0.1, 0.15) is 34.8 Å². The predicted molar refractivity (Wildman–Crippen MR) is 83.2 cm³/mol. The Morgan fingerprint density at radius 1 is 1.43 bits per heavy atom. The highest BCUT2D eigenvalue weighted by molar-refractivity contribution is 5.97. The molecule has 0 unspecified atom stereocenters. The summed E-state index contributed by atoms with van der Waals surface area (Å²) in [6.45, 7) is 5.62. The maximum absolute atomic E-state index is 12.6. The number of ether oxygens (including phenoxy) is 1. The molecule has 1 amide bonds. The van der Waals surface area contributed by atoms with Gasteiger partial charge in [0.05, 0.1) is 18.8 Å². The predicted octanol–water partition coefficient (Wildman–Crippen LogP) is 1.84. The van der Waals surface area contributed by atoms with Gasteiger partial charge in [-0.05, 0) is 26.0 Å². The van der Waals surface area contributed by atoms with Gasteiger partial charge in [-0.3, -0.25) is 4.79 Å². The third-order valence-electron chi connectivity index (χ3n) is 3.10. The van der Waals surface area contributed by atoms with Crippen LogP contribution in [0.25, 0.3) is 0 Å². The van der Waals surface area contributed by atoms with E-state index < -0.39 is 0 Å². The number of methoxy groups -OCH3 is 1. The lowest BCUT2D eigenvalue weighted by Gasteiger charge is -2.21. The molecule has 0 bridgehead atoms. The third-order valence-corrected chi connectivity index (χ3v) is 3.10. The van der Waals surface area contributed by atoms with Gasteiger partial charge in [0.1, 0.15) is 0 Å². The lowest BCUT2D eigenvalue weighted by molar-refractivity contribution is 0.0706. The maximum atomic E-state index is 12.6. The molecule has 4 nitrogen and oxygen atoms in total. The second-order valence-electron chi connectivity index (χ2n) is 4.70. The number of likely N-dealkylation sites (N-methyl/N-ethyl adjacent to an activating group) is 1. The van der Waals surface area contributed by atoms with Gasteiger partial charge < -0.3 is 14.7 Å². The number of rotatable bonds is 6. The van der Waals surface area contributed by atoms with Gasteiger partial charge in [-0.25, -0.2) is 0 Å². The summed E-state index contributed by atoms with van der Waals surface area (Å²) in [4.78, 5) is 14.4. The summed E-state index contributed by atoms with van der Waals surface area (Å²) < 4.78 is 5.04. The van der Waals surface area contributed by atoms with E-state index in [1.165, 1.54) is 0 Å². The molecular weight excluding hydrogens is 266 g/mol. The molecule has 0 spiro atoms. The van der Waals surface area contributed by atoms with Crippen LogP contribution in [0.3, 0.4) is 0 Å². The molecule has 0 radical (unpaired) electrons. The molecule has 1 N–H and O–H groups in total. The SMILES string of the molecule is CCN(CCOC)C(=O)c1cc(C)ccc1C#CCCO. The monoisotopic (exact) mass is 289 g/mol. The molecule has 0 aromatic heterocycles. The van der Waals surface area contributed by atoms with Crippen molar-refractivity contribution < 1.29 is 14.6 Å². The van der Waals surface area contributed by atoms with Gasteiger partial charge in [0.15, 0.2) is 0 Å². The van der Waals surface area contributed by atoms with Crippen molar-refractivity contribution in [2.24, 2.45) is 0 Å². The fourth-order valence-electron chi connectivity index (χ4n) is 1.93. The zero-order chi connectivity index (χ0) is 15.7. The Hall–Kier alpha value is -1.83. The average molecular weight is 289 g/mol. The van der Waals surface area contributed by atoms with E-state index in [9.17, 15) is 4.79 Å². The summed E-state index contributed by atoms with van der Waals surface area (Å²) >= 11 is 0. The lowest BCUT2D eigenvalue weighted by Crippen LogP contribution is -2.34. The number of amides is 1. The van der Waals surface area contributed by atoms with E-state index in [1.807, 2.05) is 32.0 Å². The van der Waals surface area contributed by atoms with Crippen molar-refractivity contribution in [2.75, 3.05) is 33.4 Å². The van der Waals surface area contributed by atoms with Crippen molar-refractivity contribution in [1.82, 2.24) is 4.90 Å². The second kappa shape index (κ2) is 9.17. The van der Waals surface area contributed by atoms with E-state index in [1.54, 1.807) is 12.0 Å². The number of benzene rings is 1. The fourth-order valence-corrected chi connectivity index (χ4v) is 1.93. The van der Waals surface area contributed by atoms with Crippen LogP contribution >= 0.6 is 0 Å². The van der Waals surface area contributed by atoms with E-state index in [4.69, 9.17) is 9.84 Å². The molecule has 0 fully saturated rings. The number of carbonyl (C=O) groups excluding carboxylic acids is 1. The molecule has 1 rings (SSSR count). The van der Waals surface area contributed by atoms with Crippen molar-refractivity contribution >= 4 is 5.91 Å². The Morgan fingerprint density at radius 2 is 2.19 bits per heavy atom. The first-order valence-electron chi connectivity index (χ1n) is 7.12. The molecule has 4 heteroatoms. The summed E-state index contributed by atoms with van der Waals surface area (Å²) in [6, 6.07) is 5.66. The highest BCUT2D eigenvalue weighted by Crippen LogP contribution is 2.14. The maximum Gasteiger partial charge on any atom is 0.255 e. The van der Waals surface area contributed by atoms with Gasteiger partial charge >= 0.3 is 0 Å². The minimum absolute atomic E-state index is 0.0249. The van der Waals surface area contributed by atoms with E-state index in [2.05, 4.69) is 11.8 Å². The average Bonchev–Trinajstić information content (AvgIpc) is 2.49. The number of hydrogen-bond acceptors (Lipinski definition) is 3. The normalized spacial score (nSPS) is 9.90. The van der Waals surface area contributed by atoms with Crippen LogP contribution < -0.4 is 0 Å². The molecular formula is C17H23NO3. The van der Waals surface area contributed by atoms with Gasteiger partial charge in [0.25, 0.3) is 5.91 Å². The molecule has 0 heterocycles. The van der Waals surface area contributed by atoms with E-state index in [-0.39, 0.29) is 12.5 Å². The van der Waals surface area contributed by atoms with E-state index >= 15 is 0 Å². The molecule has 0 aliphatic heterocycles. The van der Waals surface area contributed by atoms with E-state index in [0.29, 0.717) is 37.2 Å². The van der Waals surface area contributed by atoms with Crippen molar-refractivity contribution in [3.63, 3.8) is 0 Å². The zero-order valence-corrected chi connectivity index (χ0v) is 13.0. The molecule has 114 valence electrons. The number of aryl methyl sites for hydroxylation is 1. The Kier molecular flexibility index (Phi) is 7.52. The van der Waals surface area contributed by atoms with E-state index in [0.717, 1.165) is 5.56 Å². The zero-order valence-electron chi connectivity index (χ0n) is 13.0. The third kappa shape index (κ3) is 5.22. The number of aliphatic hydroxyl groups is 1. The van der Waals surface area contributed by atoms with Crippen LogP contribution in [0.2, 0.25) is 0 Å². The van der Waals surface area contributed by atoms with Crippen LogP contribution in [0.4, 0.5) is 0 Å². The molecule has 0 saturated carbocycles. The fraction of sp³-hybridized carbons (Fsp3) is 0.471. The number of hydrogen-bond donors (Lipinski definition) is 1. The Morgan fingerprint density at radius 3 is 2.81 bits per heavy atom. The smallest absolute Gasteiger partial charge is 0.255 e. The summed E-state index contributed by atoms with van der Waals surface area (Å²) in [5, 5.41) is 8.80. The summed E-state index contributed by atoms with van der Waals surface area (Å²) in [5.41, 5.74) is 2.34. The Balaban J connectivity index is 3.06. The molecule has 1 aromatic carbocycles. The van der Waals surface area contributed by atoms with Crippen LogP contribution in [0, 0.1) is 18.8 Å². The van der Waals surface area contributed by atoms with Crippen molar-refractivity contribution in [1.29, 1.82) is 0 Å². The number of carbonyl (C=O) groups is 1. The number of aliphatic hydroxyl groups excluding tert-OH is 1. The lowest BCUT2D eigenvalue weighted by atomic mass is 10.0. The second-order valence-corrected chi connectivity index (χ2v) is 4.70. The first-order valence-corrected chi connectivity index (χ1v) is 7.12. The molecule has 0 saturated heterocycles. The van der Waals surface area contributed by atoms with Crippen molar-refractivity contribution in [3.05, 3.63) is 34.9 Å². The Bertz CT molecular complexity index is 529. The van der Waals surface area contributed by atoms with Crippen molar-refractivity contribution in [2.45, 2.75) is 20.3 Å². The summed E-state index contributed by atoms with van der Waals surface area (Å²) in [7, 11) is 1.62. The van der Waals surface area contributed by atoms with Gasteiger partial charge in [-0.15, -0.1) is 0 Å². The molecule has 0 atom stereocenters. The van der Waals surface area contributed by atoms with Gasteiger partial charge in [0, 0.05) is 32.2 Å². The highest BCUT2D eigenvalue weighted by atomic mass is 16.5. The summed E-state index contributed by atoms with van der Waals surface area (Å²) in [5.74, 6) is 5.80. The van der Waals surface area contributed by atoms with Gasteiger partial charge in [0.2, 0.25) is 0 Å². The first kappa shape index (κ1) is 17.2. The molecule has 0 aliphatic carbocycles. The molecule has 1 aromatic rings. The number of nitrogens with zero attached hydrogens (tertiary/aromatic N) is 1. The highest BCUT2D eigenvalue weighted by Gasteiger charge is 2.17. The van der Waals surface area contributed by atoms with Gasteiger partial charge in [-0.2, -0.15) is 0 Å². The van der Waals surface area contributed by atoms with Gasteiger partial charge in [-0.1, -0.05) is 23.5 Å². The van der Waals surface area contributed by atoms with Crippen molar-refractivity contribution in [3.8, 4) is 11.8 Å². The largest absolute Gasteiger partial charge is 0.395 e. The summed E-state index contributed by atoms with van der Waals surface area (Å²) in [6.07, 6.45) is 0.405. The standard InChI is InChI=1S/C17H23NO3/c1-4-18(10-12-21-3)17(20)16-13-14(2)8-9-15(16)7-5-6-11-19/h8-9,13,19H,4,6,10-12H2,1-3H3. The van der Waals surface area contributed by atoms with Crippen LogP contribution in [-0.4, -0.2) is 49.3 Å². The minimum Gasteiger partial charge on any atom is -0.395 e. The minimum atomic E-state index is -0.0356. The first-order chi connectivity index (χ1) is 10.1. The Labute approximate surface area is 126 Å². The molecule has 0 aliphatic rings. The van der Waals surface area contributed by atoms with Crippen LogP contribution in [0.5, 0.6) is 0 Å². The van der Waals surface area contributed by atoms with Crippen LogP contribution in [0.15, 0.2) is 18.2 Å².